The fourth-order valence-electron chi connectivity index (χ4n) is 0.701. The Labute approximate surface area is 89.3 Å². The molecule has 0 fully saturated rings. The predicted molar refractivity (Wildman–Crippen MR) is 53.9 cm³/mol. The molecular formula is C8H17N2O3S+. The Morgan fingerprint density at radius 1 is 1.43 bits per heavy atom. The Hall–Kier alpha value is -0.590. The van der Waals surface area contributed by atoms with E-state index in [1.165, 1.54) is 3.95 Å². The van der Waals surface area contributed by atoms with Crippen LogP contribution < -0.4 is 5.73 Å². The molecule has 82 valence electrons. The molecule has 0 bridgehead atoms. The maximum absolute atomic E-state index is 11.0. The van der Waals surface area contributed by atoms with E-state index in [1.807, 2.05) is 6.92 Å². The maximum Gasteiger partial charge on any atom is 0.373 e. The Balaban J connectivity index is 3.31. The van der Waals surface area contributed by atoms with Gasteiger partial charge in [0, 0.05) is 6.54 Å². The smallest absolute Gasteiger partial charge is 0.373 e. The van der Waals surface area contributed by atoms with Crippen LogP contribution in [0.5, 0.6) is 0 Å². The van der Waals surface area contributed by atoms with Gasteiger partial charge in [-0.05, 0) is 6.92 Å². The van der Waals surface area contributed by atoms with E-state index < -0.39 is 0 Å². The van der Waals surface area contributed by atoms with Gasteiger partial charge < -0.3 is 15.2 Å². The monoisotopic (exact) mass is 221 g/mol. The largest absolute Gasteiger partial charge is 0.459 e. The van der Waals surface area contributed by atoms with E-state index in [0.29, 0.717) is 26.3 Å². The summed E-state index contributed by atoms with van der Waals surface area (Å²) in [6.45, 7) is 4.27. The lowest BCUT2D eigenvalue weighted by atomic mass is 10.6. The second-order valence-corrected chi connectivity index (χ2v) is 3.09. The van der Waals surface area contributed by atoms with Crippen molar-refractivity contribution in [1.29, 1.82) is 0 Å². The van der Waals surface area contributed by atoms with Crippen molar-refractivity contribution in [2.45, 2.75) is 6.92 Å². The molecule has 0 aromatic heterocycles. The molecule has 0 rings (SSSR count). The van der Waals surface area contributed by atoms with Gasteiger partial charge in [-0.1, -0.05) is 0 Å². The molecule has 0 aromatic carbocycles. The highest BCUT2D eigenvalue weighted by molar-refractivity contribution is 7.44. The molecule has 0 spiro atoms. The third kappa shape index (κ3) is 8.03. The molecule has 2 N–H and O–H groups in total. The normalized spacial score (nSPS) is 9.86. The lowest BCUT2D eigenvalue weighted by Crippen LogP contribution is -2.22. The van der Waals surface area contributed by atoms with Gasteiger partial charge in [-0.3, -0.25) is 0 Å². The van der Waals surface area contributed by atoms with Gasteiger partial charge >= 0.3 is 5.97 Å². The average molecular weight is 221 g/mol. The summed E-state index contributed by atoms with van der Waals surface area (Å²) in [6, 6.07) is 0. The zero-order valence-electron chi connectivity index (χ0n) is 8.40. The molecule has 0 unspecified atom stereocenters. The summed E-state index contributed by atoms with van der Waals surface area (Å²) in [5, 5.41) is 0. The first kappa shape index (κ1) is 13.4. The minimum absolute atomic E-state index is 0.142. The van der Waals surface area contributed by atoms with Crippen LogP contribution in [0.1, 0.15) is 6.92 Å². The summed E-state index contributed by atoms with van der Waals surface area (Å²) >= 11 is 4.82. The van der Waals surface area contributed by atoms with Crippen LogP contribution in [0.15, 0.2) is 0 Å². The van der Waals surface area contributed by atoms with E-state index in [4.69, 9.17) is 27.6 Å². The second-order valence-electron chi connectivity index (χ2n) is 2.58. The number of ether oxygens (including phenoxy) is 2. The minimum Gasteiger partial charge on any atom is -0.459 e. The highest BCUT2D eigenvalue weighted by atomic mass is 32.1. The summed E-state index contributed by atoms with van der Waals surface area (Å²) in [7, 11) is 0. The highest BCUT2D eigenvalue weighted by Crippen LogP contribution is 1.82. The summed E-state index contributed by atoms with van der Waals surface area (Å²) in [6.07, 6.45) is 0. The molecule has 0 aliphatic carbocycles. The van der Waals surface area contributed by atoms with E-state index in [-0.39, 0.29) is 19.1 Å². The third-order valence-electron chi connectivity index (χ3n) is 1.41. The van der Waals surface area contributed by atoms with Gasteiger partial charge in [0.15, 0.2) is 6.54 Å². The van der Waals surface area contributed by atoms with Crippen molar-refractivity contribution in [2.75, 3.05) is 39.5 Å². The molecule has 0 aliphatic heterocycles. The number of rotatable bonds is 8. The fourth-order valence-corrected chi connectivity index (χ4v) is 0.807. The molecule has 0 aliphatic rings. The van der Waals surface area contributed by atoms with Crippen LogP contribution in [0.2, 0.25) is 0 Å². The first-order valence-corrected chi connectivity index (χ1v) is 4.92. The number of hydrogen-bond acceptors (Lipinski definition) is 5. The summed E-state index contributed by atoms with van der Waals surface area (Å²) < 4.78 is 11.3. The first-order valence-electron chi connectivity index (χ1n) is 4.56. The Morgan fingerprint density at radius 3 is 2.71 bits per heavy atom. The van der Waals surface area contributed by atoms with Crippen LogP contribution in [0.4, 0.5) is 0 Å². The lowest BCUT2D eigenvalue weighted by Gasteiger charge is -2.03. The molecule has 0 radical (unpaired) electrons. The number of nitrogens with zero attached hydrogens (tertiary/aromatic N) is 1. The van der Waals surface area contributed by atoms with Crippen molar-refractivity contribution in [3.05, 3.63) is 0 Å². The number of likely N-dealkylation sites (N-methyl/N-ethyl adjacent to an activating group) is 1. The van der Waals surface area contributed by atoms with Crippen molar-refractivity contribution in [1.82, 2.24) is 0 Å². The Morgan fingerprint density at radius 2 is 2.14 bits per heavy atom. The quantitative estimate of drug-likeness (QED) is 0.332. The summed E-state index contributed by atoms with van der Waals surface area (Å²) in [5.74, 6) is -0.321. The standard InChI is InChI=1S/C8H17N2O3S/c1-2-10(14)7-8(11)13-6-5-12-4-3-9/h2-7,9H2,1H3/q+1. The minimum atomic E-state index is -0.321. The van der Waals surface area contributed by atoms with Crippen LogP contribution in [0.25, 0.3) is 0 Å². The van der Waals surface area contributed by atoms with Gasteiger partial charge in [-0.25, -0.2) is 4.79 Å². The molecule has 5 nitrogen and oxygen atoms in total. The van der Waals surface area contributed by atoms with Crippen LogP contribution in [0, 0.1) is 0 Å². The van der Waals surface area contributed by atoms with Gasteiger partial charge in [-0.2, -0.15) is 0 Å². The van der Waals surface area contributed by atoms with Gasteiger partial charge in [0.2, 0.25) is 0 Å². The van der Waals surface area contributed by atoms with E-state index in [0.717, 1.165) is 0 Å². The van der Waals surface area contributed by atoms with Crippen molar-refractivity contribution in [3.8, 4) is 0 Å². The van der Waals surface area contributed by atoms with Gasteiger partial charge in [0.05, 0.1) is 13.2 Å². The van der Waals surface area contributed by atoms with Crippen LogP contribution in [-0.4, -0.2) is 49.4 Å². The maximum atomic E-state index is 11.0. The topological polar surface area (TPSA) is 64.6 Å². The van der Waals surface area contributed by atoms with E-state index in [1.54, 1.807) is 0 Å². The molecule has 0 amide bonds. The fraction of sp³-hybridized carbons (Fsp3) is 0.875. The molecule has 0 aromatic rings. The third-order valence-corrected chi connectivity index (χ3v) is 1.80. The second kappa shape index (κ2) is 8.98. The highest BCUT2D eigenvalue weighted by Gasteiger charge is 2.10. The number of nitrogens with two attached hydrogens (primary N) is 1. The van der Waals surface area contributed by atoms with Crippen molar-refractivity contribution >= 4 is 18.4 Å². The number of hydrogen-bond donors (Lipinski definition) is 1. The van der Waals surface area contributed by atoms with E-state index in [2.05, 4.69) is 0 Å². The number of carbonyl (C=O) groups is 1. The van der Waals surface area contributed by atoms with Crippen LogP contribution in [-0.2, 0) is 26.7 Å². The lowest BCUT2D eigenvalue weighted by molar-refractivity contribution is -0.485. The van der Waals surface area contributed by atoms with Crippen LogP contribution in [0.3, 0.4) is 0 Å². The van der Waals surface area contributed by atoms with Gasteiger partial charge in [0.25, 0.3) is 19.0 Å². The molecule has 6 heteroatoms. The molecule has 0 atom stereocenters. The summed E-state index contributed by atoms with van der Waals surface area (Å²) in [4.78, 5) is 11.0. The predicted octanol–water partition coefficient (Wildman–Crippen LogP) is -0.732. The molecule has 0 saturated carbocycles. The van der Waals surface area contributed by atoms with Crippen molar-refractivity contribution in [3.63, 3.8) is 0 Å². The number of carbonyl (C=O) groups excluding carboxylic acids is 1. The van der Waals surface area contributed by atoms with E-state index in [9.17, 15) is 4.79 Å². The zero-order chi connectivity index (χ0) is 10.8. The van der Waals surface area contributed by atoms with Crippen molar-refractivity contribution in [2.24, 2.45) is 5.73 Å². The Bertz CT molecular complexity index is 187. The van der Waals surface area contributed by atoms with Crippen molar-refractivity contribution < 1.29 is 18.2 Å². The zero-order valence-corrected chi connectivity index (χ0v) is 9.22. The first-order chi connectivity index (χ1) is 6.70. The van der Waals surface area contributed by atoms with Crippen LogP contribution >= 0.6 is 0 Å². The van der Waals surface area contributed by atoms with Gasteiger partial charge in [-0.15, -0.1) is 3.95 Å². The SMILES string of the molecule is CC[N+](=S)CC(=O)OCCOCCN. The number of esters is 1. The molecule has 0 saturated heterocycles. The molecule has 14 heavy (non-hydrogen) atoms. The molecular weight excluding hydrogens is 204 g/mol. The van der Waals surface area contributed by atoms with E-state index >= 15 is 0 Å². The summed E-state index contributed by atoms with van der Waals surface area (Å²) in [5.41, 5.74) is 5.20. The van der Waals surface area contributed by atoms with Gasteiger partial charge in [0.1, 0.15) is 6.61 Å². The Kier molecular flexibility index (Phi) is 8.61. The molecule has 0 heterocycles. The average Bonchev–Trinajstić information content (AvgIpc) is 2.17.